The molecule has 1 aromatic heterocycles. The van der Waals surface area contributed by atoms with Crippen LogP contribution in [0.15, 0.2) is 18.3 Å². The molecule has 1 saturated heterocycles. The molecule has 0 bridgehead atoms. The van der Waals surface area contributed by atoms with Crippen molar-refractivity contribution in [2.75, 3.05) is 46.3 Å². The van der Waals surface area contributed by atoms with Crippen LogP contribution in [0.1, 0.15) is 12.0 Å². The number of H-pyrrole nitrogens is 1. The summed E-state index contributed by atoms with van der Waals surface area (Å²) in [5.74, 6) is 0. The van der Waals surface area contributed by atoms with Gasteiger partial charge in [-0.15, -0.1) is 12.4 Å². The predicted octanol–water partition coefficient (Wildman–Crippen LogP) is 2.07. The van der Waals surface area contributed by atoms with Gasteiger partial charge >= 0.3 is 0 Å². The van der Waals surface area contributed by atoms with Gasteiger partial charge in [-0.2, -0.15) is 0 Å². The van der Waals surface area contributed by atoms with Crippen LogP contribution in [0.25, 0.3) is 0 Å². The minimum absolute atomic E-state index is 0. The number of aromatic nitrogens is 1. The number of piperazine rings is 1. The highest BCUT2D eigenvalue weighted by molar-refractivity contribution is 7.80. The van der Waals surface area contributed by atoms with Crippen LogP contribution in [0.3, 0.4) is 0 Å². The zero-order chi connectivity index (χ0) is 14.4. The van der Waals surface area contributed by atoms with Gasteiger partial charge in [-0.25, -0.2) is 0 Å². The Morgan fingerprint density at radius 1 is 1.33 bits per heavy atom. The second-order valence-corrected chi connectivity index (χ2v) is 5.98. The molecule has 2 rings (SSSR count). The summed E-state index contributed by atoms with van der Waals surface area (Å²) in [5.41, 5.74) is 0.914. The Labute approximate surface area is 143 Å². The first-order valence-corrected chi connectivity index (χ1v) is 7.85. The second kappa shape index (κ2) is 9.48. The van der Waals surface area contributed by atoms with Crippen molar-refractivity contribution >= 4 is 41.8 Å². The van der Waals surface area contributed by atoms with Crippen molar-refractivity contribution in [1.29, 1.82) is 0 Å². The molecule has 0 amide bonds. The van der Waals surface area contributed by atoms with Gasteiger partial charge in [-0.05, 0) is 32.1 Å². The van der Waals surface area contributed by atoms with E-state index in [1.807, 2.05) is 18.3 Å². The van der Waals surface area contributed by atoms with E-state index in [4.69, 9.17) is 24.4 Å². The quantitative estimate of drug-likeness (QED) is 0.630. The number of pyridine rings is 1. The van der Waals surface area contributed by atoms with Gasteiger partial charge in [0.25, 0.3) is 0 Å². The molecule has 0 aromatic carbocycles. The standard InChI is InChI=1S/C14H22N4S2.ClH/c1-17-8-10-18(11-9-17)7-3-6-16-14(20)12-4-2-5-15-13(12)19;/h2,4-5H,3,6-11H2,1H3,(H,15,19)(H,16,20);1H. The second-order valence-electron chi connectivity index (χ2n) is 5.17. The van der Waals surface area contributed by atoms with Gasteiger partial charge in [0.1, 0.15) is 9.63 Å². The predicted molar refractivity (Wildman–Crippen MR) is 97.1 cm³/mol. The summed E-state index contributed by atoms with van der Waals surface area (Å²) in [5, 5.41) is 3.30. The number of thiocarbonyl (C=S) groups is 1. The van der Waals surface area contributed by atoms with Crippen LogP contribution in [0.4, 0.5) is 0 Å². The maximum absolute atomic E-state index is 5.38. The first-order chi connectivity index (χ1) is 9.66. The minimum atomic E-state index is 0. The first-order valence-electron chi connectivity index (χ1n) is 7.03. The van der Waals surface area contributed by atoms with Crippen LogP contribution < -0.4 is 5.32 Å². The largest absolute Gasteiger partial charge is 0.376 e. The Hall–Kier alpha value is -0.530. The van der Waals surface area contributed by atoms with E-state index in [1.165, 1.54) is 26.2 Å². The van der Waals surface area contributed by atoms with Crippen molar-refractivity contribution in [1.82, 2.24) is 20.1 Å². The maximum atomic E-state index is 5.38. The normalized spacial score (nSPS) is 16.2. The van der Waals surface area contributed by atoms with Gasteiger partial charge in [0.15, 0.2) is 0 Å². The van der Waals surface area contributed by atoms with E-state index in [0.29, 0.717) is 4.64 Å². The summed E-state index contributed by atoms with van der Waals surface area (Å²) < 4.78 is 0.698. The van der Waals surface area contributed by atoms with E-state index >= 15 is 0 Å². The topological polar surface area (TPSA) is 34.3 Å². The molecule has 1 aliphatic heterocycles. The molecule has 0 unspecified atom stereocenters. The highest BCUT2D eigenvalue weighted by atomic mass is 35.5. The molecule has 7 heteroatoms. The molecule has 0 saturated carbocycles. The fourth-order valence-corrected chi connectivity index (χ4v) is 2.85. The molecule has 0 spiro atoms. The summed E-state index contributed by atoms with van der Waals surface area (Å²) in [4.78, 5) is 8.63. The molecule has 1 aliphatic rings. The lowest BCUT2D eigenvalue weighted by atomic mass is 10.2. The van der Waals surface area contributed by atoms with Crippen LogP contribution in [0.5, 0.6) is 0 Å². The number of hydrogen-bond donors (Lipinski definition) is 2. The summed E-state index contributed by atoms with van der Waals surface area (Å²) in [6.45, 7) is 6.71. The molecule has 2 N–H and O–H groups in total. The Kier molecular flexibility index (Phi) is 8.36. The minimum Gasteiger partial charge on any atom is -0.376 e. The van der Waals surface area contributed by atoms with E-state index in [1.54, 1.807) is 0 Å². The molecule has 0 atom stereocenters. The van der Waals surface area contributed by atoms with Gasteiger partial charge in [-0.3, -0.25) is 0 Å². The summed E-state index contributed by atoms with van der Waals surface area (Å²) >= 11 is 10.6. The van der Waals surface area contributed by atoms with E-state index in [2.05, 4.69) is 27.1 Å². The number of likely N-dealkylation sites (N-methyl/N-ethyl adjacent to an activating group) is 1. The van der Waals surface area contributed by atoms with Gasteiger partial charge in [-0.1, -0.05) is 24.4 Å². The lowest BCUT2D eigenvalue weighted by molar-refractivity contribution is 0.153. The smallest absolute Gasteiger partial charge is 0.113 e. The Balaban J connectivity index is 0.00000220. The third kappa shape index (κ3) is 6.00. The maximum Gasteiger partial charge on any atom is 0.113 e. The summed E-state index contributed by atoms with van der Waals surface area (Å²) in [6, 6.07) is 3.87. The highest BCUT2D eigenvalue weighted by Gasteiger charge is 2.12. The third-order valence-electron chi connectivity index (χ3n) is 3.60. The third-order valence-corrected chi connectivity index (χ3v) is 4.30. The van der Waals surface area contributed by atoms with Crippen LogP contribution in [0, 0.1) is 4.64 Å². The van der Waals surface area contributed by atoms with Crippen LogP contribution in [-0.4, -0.2) is 66.1 Å². The van der Waals surface area contributed by atoms with Gasteiger partial charge in [0.05, 0.1) is 0 Å². The summed E-state index contributed by atoms with van der Waals surface area (Å²) in [6.07, 6.45) is 2.93. The van der Waals surface area contributed by atoms with E-state index in [-0.39, 0.29) is 12.4 Å². The number of nitrogens with one attached hydrogen (secondary N) is 2. The Bertz CT molecular complexity index is 498. The Morgan fingerprint density at radius 3 is 2.71 bits per heavy atom. The van der Waals surface area contributed by atoms with Crippen LogP contribution >= 0.6 is 36.8 Å². The van der Waals surface area contributed by atoms with Crippen molar-refractivity contribution in [3.63, 3.8) is 0 Å². The lowest BCUT2D eigenvalue weighted by Gasteiger charge is -2.32. The van der Waals surface area contributed by atoms with Crippen LogP contribution in [0.2, 0.25) is 0 Å². The van der Waals surface area contributed by atoms with Crippen molar-refractivity contribution in [2.45, 2.75) is 6.42 Å². The average molecular weight is 347 g/mol. The molecule has 0 aliphatic carbocycles. The van der Waals surface area contributed by atoms with Gasteiger partial charge < -0.3 is 20.1 Å². The van der Waals surface area contributed by atoms with Crippen molar-refractivity contribution in [3.05, 3.63) is 28.5 Å². The average Bonchev–Trinajstić information content (AvgIpc) is 2.46. The molecule has 1 fully saturated rings. The monoisotopic (exact) mass is 346 g/mol. The van der Waals surface area contributed by atoms with E-state index in [0.717, 1.165) is 30.1 Å². The van der Waals surface area contributed by atoms with Gasteiger partial charge in [0.2, 0.25) is 0 Å². The Morgan fingerprint density at radius 2 is 2.05 bits per heavy atom. The SMILES string of the molecule is CN1CCN(CCCNC(=S)c2ccc[nH]c2=S)CC1.Cl. The van der Waals surface area contributed by atoms with Crippen LogP contribution in [-0.2, 0) is 0 Å². The molecule has 2 heterocycles. The molecule has 1 aromatic rings. The zero-order valence-electron chi connectivity index (χ0n) is 12.3. The first kappa shape index (κ1) is 18.5. The lowest BCUT2D eigenvalue weighted by Crippen LogP contribution is -2.45. The van der Waals surface area contributed by atoms with E-state index in [9.17, 15) is 0 Å². The number of aromatic amines is 1. The number of hydrogen-bond acceptors (Lipinski definition) is 4. The number of halogens is 1. The molecule has 0 radical (unpaired) electrons. The molecular weight excluding hydrogens is 324 g/mol. The molecule has 21 heavy (non-hydrogen) atoms. The molecular formula is C14H23ClN4S2. The fraction of sp³-hybridized carbons (Fsp3) is 0.571. The van der Waals surface area contributed by atoms with Crippen molar-refractivity contribution in [2.24, 2.45) is 0 Å². The molecule has 118 valence electrons. The van der Waals surface area contributed by atoms with Crippen molar-refractivity contribution < 1.29 is 0 Å². The highest BCUT2D eigenvalue weighted by Crippen LogP contribution is 2.02. The van der Waals surface area contributed by atoms with Crippen molar-refractivity contribution in [3.8, 4) is 0 Å². The molecule has 4 nitrogen and oxygen atoms in total. The number of rotatable bonds is 5. The summed E-state index contributed by atoms with van der Waals surface area (Å²) in [7, 11) is 2.18. The zero-order valence-corrected chi connectivity index (χ0v) is 14.8. The fourth-order valence-electron chi connectivity index (χ4n) is 2.27. The van der Waals surface area contributed by atoms with Gasteiger partial charge in [0, 0.05) is 44.5 Å². The van der Waals surface area contributed by atoms with E-state index < -0.39 is 0 Å². The number of nitrogens with zero attached hydrogens (tertiary/aromatic N) is 2.